The third kappa shape index (κ3) is 3.82. The zero-order chi connectivity index (χ0) is 21.3. The molecule has 1 amide bonds. The van der Waals surface area contributed by atoms with Crippen LogP contribution >= 0.6 is 11.3 Å². The Hall–Kier alpha value is -2.42. The van der Waals surface area contributed by atoms with Gasteiger partial charge in [-0.25, -0.2) is 0 Å². The standard InChI is InChI=1S/C22H28N4O3S/c1-24-11-13-26(14-12-24)10-6-9-23-21(27)20-18(29-3)17-19(30-20)15-7-4-5-8-16(15)25(2)22(17)28/h4-5,7-8H,6,9-14H2,1-3H3,(H,23,27). The Morgan fingerprint density at radius 2 is 1.90 bits per heavy atom. The monoisotopic (exact) mass is 428 g/mol. The first kappa shape index (κ1) is 20.8. The van der Waals surface area contributed by atoms with E-state index >= 15 is 0 Å². The molecule has 0 aliphatic carbocycles. The number of nitrogens with zero attached hydrogens (tertiary/aromatic N) is 3. The van der Waals surface area contributed by atoms with Crippen molar-refractivity contribution in [2.24, 2.45) is 7.05 Å². The molecule has 7 nitrogen and oxygen atoms in total. The minimum absolute atomic E-state index is 0.147. The van der Waals surface area contributed by atoms with E-state index in [0.29, 0.717) is 22.6 Å². The number of pyridine rings is 1. The van der Waals surface area contributed by atoms with Gasteiger partial charge in [0.25, 0.3) is 11.5 Å². The number of likely N-dealkylation sites (N-methyl/N-ethyl adjacent to an activating group) is 1. The molecule has 0 unspecified atom stereocenters. The maximum atomic E-state index is 13.0. The fourth-order valence-electron chi connectivity index (χ4n) is 4.04. The van der Waals surface area contributed by atoms with Crippen molar-refractivity contribution in [3.8, 4) is 5.75 Å². The number of hydrogen-bond donors (Lipinski definition) is 1. The maximum absolute atomic E-state index is 13.0. The number of benzene rings is 1. The van der Waals surface area contributed by atoms with Gasteiger partial charge in [0.2, 0.25) is 0 Å². The van der Waals surface area contributed by atoms with Crippen LogP contribution in [0.3, 0.4) is 0 Å². The number of carbonyl (C=O) groups excluding carboxylic acids is 1. The molecule has 0 saturated carbocycles. The van der Waals surface area contributed by atoms with Crippen molar-refractivity contribution >= 4 is 38.2 Å². The average molecular weight is 429 g/mol. The fourth-order valence-corrected chi connectivity index (χ4v) is 5.25. The molecule has 8 heteroatoms. The van der Waals surface area contributed by atoms with Crippen molar-refractivity contribution < 1.29 is 9.53 Å². The SMILES string of the molecule is COc1c(C(=O)NCCCN2CCN(C)CC2)sc2c1c(=O)n(C)c1ccccc21. The number of methoxy groups -OCH3 is 1. The summed E-state index contributed by atoms with van der Waals surface area (Å²) in [6, 6.07) is 7.74. The Balaban J connectivity index is 1.53. The van der Waals surface area contributed by atoms with Crippen molar-refractivity contribution in [1.82, 2.24) is 19.7 Å². The Morgan fingerprint density at radius 1 is 1.17 bits per heavy atom. The normalized spacial score (nSPS) is 15.7. The van der Waals surface area contributed by atoms with Gasteiger partial charge in [0.05, 0.1) is 17.3 Å². The van der Waals surface area contributed by atoms with Crippen LogP contribution in [-0.4, -0.2) is 73.7 Å². The first-order valence-electron chi connectivity index (χ1n) is 10.3. The highest BCUT2D eigenvalue weighted by molar-refractivity contribution is 7.22. The topological polar surface area (TPSA) is 66.8 Å². The molecule has 0 atom stereocenters. The second-order valence-corrected chi connectivity index (χ2v) is 8.82. The van der Waals surface area contributed by atoms with Gasteiger partial charge in [-0.2, -0.15) is 0 Å². The molecule has 160 valence electrons. The lowest BCUT2D eigenvalue weighted by molar-refractivity contribution is 0.0951. The van der Waals surface area contributed by atoms with E-state index in [4.69, 9.17) is 4.74 Å². The van der Waals surface area contributed by atoms with Crippen LogP contribution in [0.4, 0.5) is 0 Å². The van der Waals surface area contributed by atoms with Gasteiger partial charge in [-0.3, -0.25) is 9.59 Å². The van der Waals surface area contributed by atoms with E-state index in [9.17, 15) is 9.59 Å². The number of aryl methyl sites for hydroxylation is 1. The molecule has 1 saturated heterocycles. The van der Waals surface area contributed by atoms with E-state index in [1.807, 2.05) is 24.3 Å². The van der Waals surface area contributed by atoms with Gasteiger partial charge < -0.3 is 24.4 Å². The average Bonchev–Trinajstić information content (AvgIpc) is 3.16. The van der Waals surface area contributed by atoms with Crippen molar-refractivity contribution in [2.45, 2.75) is 6.42 Å². The largest absolute Gasteiger partial charge is 0.494 e. The first-order valence-corrected chi connectivity index (χ1v) is 11.1. The Bertz CT molecular complexity index is 1130. The van der Waals surface area contributed by atoms with Gasteiger partial charge in [-0.05, 0) is 26.1 Å². The van der Waals surface area contributed by atoms with Crippen LogP contribution in [0.25, 0.3) is 21.0 Å². The van der Waals surface area contributed by atoms with Crippen molar-refractivity contribution in [1.29, 1.82) is 0 Å². The van der Waals surface area contributed by atoms with E-state index in [-0.39, 0.29) is 11.5 Å². The van der Waals surface area contributed by atoms with Crippen molar-refractivity contribution in [3.05, 3.63) is 39.5 Å². The molecular weight excluding hydrogens is 400 g/mol. The summed E-state index contributed by atoms with van der Waals surface area (Å²) in [5.74, 6) is 0.190. The molecule has 2 aromatic heterocycles. The van der Waals surface area contributed by atoms with Crippen LogP contribution in [0.5, 0.6) is 5.75 Å². The summed E-state index contributed by atoms with van der Waals surface area (Å²) < 4.78 is 7.95. The number of thiophene rings is 1. The summed E-state index contributed by atoms with van der Waals surface area (Å²) in [4.78, 5) is 31.1. The lowest BCUT2D eigenvalue weighted by atomic mass is 10.1. The van der Waals surface area contributed by atoms with Crippen LogP contribution in [0.15, 0.2) is 29.1 Å². The molecular formula is C22H28N4O3S. The summed E-state index contributed by atoms with van der Waals surface area (Å²) in [6.45, 7) is 5.91. The molecule has 1 aromatic carbocycles. The second-order valence-electron chi connectivity index (χ2n) is 7.80. The number of ether oxygens (including phenoxy) is 1. The molecule has 30 heavy (non-hydrogen) atoms. The van der Waals surface area contributed by atoms with E-state index < -0.39 is 0 Å². The van der Waals surface area contributed by atoms with E-state index in [2.05, 4.69) is 22.2 Å². The van der Waals surface area contributed by atoms with E-state index in [0.717, 1.165) is 54.7 Å². The van der Waals surface area contributed by atoms with Crippen molar-refractivity contribution in [3.63, 3.8) is 0 Å². The summed E-state index contributed by atoms with van der Waals surface area (Å²) >= 11 is 1.33. The van der Waals surface area contributed by atoms with Crippen LogP contribution in [0.2, 0.25) is 0 Å². The van der Waals surface area contributed by atoms with Crippen LogP contribution in [0, 0.1) is 0 Å². The highest BCUT2D eigenvalue weighted by atomic mass is 32.1. The number of rotatable bonds is 6. The predicted octanol–water partition coefficient (Wildman–Crippen LogP) is 2.13. The van der Waals surface area contributed by atoms with Gasteiger partial charge in [-0.15, -0.1) is 11.3 Å². The molecule has 1 aliphatic rings. The van der Waals surface area contributed by atoms with Crippen LogP contribution < -0.4 is 15.6 Å². The van der Waals surface area contributed by atoms with Gasteiger partial charge >= 0.3 is 0 Å². The molecule has 0 spiro atoms. The zero-order valence-corrected chi connectivity index (χ0v) is 18.6. The summed E-state index contributed by atoms with van der Waals surface area (Å²) in [7, 11) is 5.41. The molecule has 1 fully saturated rings. The molecule has 4 rings (SSSR count). The number of carbonyl (C=O) groups is 1. The summed E-state index contributed by atoms with van der Waals surface area (Å²) in [5, 5.41) is 4.44. The lowest BCUT2D eigenvalue weighted by Crippen LogP contribution is -2.45. The third-order valence-electron chi connectivity index (χ3n) is 5.84. The minimum atomic E-state index is -0.183. The first-order chi connectivity index (χ1) is 14.5. The van der Waals surface area contributed by atoms with Crippen LogP contribution in [-0.2, 0) is 7.05 Å². The number of amides is 1. The fraction of sp³-hybridized carbons (Fsp3) is 0.455. The highest BCUT2D eigenvalue weighted by Crippen LogP contribution is 2.39. The Labute approximate surface area is 179 Å². The minimum Gasteiger partial charge on any atom is -0.494 e. The smallest absolute Gasteiger partial charge is 0.265 e. The quantitative estimate of drug-likeness (QED) is 0.610. The third-order valence-corrected chi connectivity index (χ3v) is 7.04. The van der Waals surface area contributed by atoms with Gasteiger partial charge in [0.1, 0.15) is 10.3 Å². The zero-order valence-electron chi connectivity index (χ0n) is 17.7. The molecule has 3 aromatic rings. The number of piperazine rings is 1. The molecule has 0 bridgehead atoms. The van der Waals surface area contributed by atoms with E-state index in [1.165, 1.54) is 18.4 Å². The highest BCUT2D eigenvalue weighted by Gasteiger charge is 2.24. The Morgan fingerprint density at radius 3 is 2.63 bits per heavy atom. The maximum Gasteiger partial charge on any atom is 0.265 e. The van der Waals surface area contributed by atoms with Gasteiger partial charge in [0, 0.05) is 45.2 Å². The number of aromatic nitrogens is 1. The number of nitrogens with one attached hydrogen (secondary N) is 1. The summed E-state index contributed by atoms with van der Waals surface area (Å²) in [6.07, 6.45) is 0.896. The lowest BCUT2D eigenvalue weighted by Gasteiger charge is -2.32. The number of para-hydroxylation sites is 1. The molecule has 3 heterocycles. The second kappa shape index (κ2) is 8.75. The summed E-state index contributed by atoms with van der Waals surface area (Å²) in [5.41, 5.74) is 0.698. The van der Waals surface area contributed by atoms with Gasteiger partial charge in [0.15, 0.2) is 5.75 Å². The molecule has 1 N–H and O–H groups in total. The van der Waals surface area contributed by atoms with Gasteiger partial charge in [-0.1, -0.05) is 18.2 Å². The number of fused-ring (bicyclic) bond motifs is 3. The van der Waals surface area contributed by atoms with Crippen molar-refractivity contribution in [2.75, 3.05) is 53.4 Å². The Kier molecular flexibility index (Phi) is 6.08. The number of hydrogen-bond acceptors (Lipinski definition) is 6. The van der Waals surface area contributed by atoms with E-state index in [1.54, 1.807) is 11.6 Å². The molecule has 0 radical (unpaired) electrons. The molecule has 1 aliphatic heterocycles. The van der Waals surface area contributed by atoms with Crippen LogP contribution in [0.1, 0.15) is 16.1 Å². The predicted molar refractivity (Wildman–Crippen MR) is 122 cm³/mol.